The SMILES string of the molecule is CCC1CCCCCC/C=C\CCCCCCCCCC(=O)O1. The second kappa shape index (κ2) is 14.8. The van der Waals surface area contributed by atoms with Gasteiger partial charge in [-0.3, -0.25) is 4.79 Å². The molecular weight excluding hydrogens is 284 g/mol. The molecule has 134 valence electrons. The fraction of sp³-hybridized carbons (Fsp3) is 0.857. The molecule has 0 aromatic rings. The van der Waals surface area contributed by atoms with Gasteiger partial charge in [-0.25, -0.2) is 0 Å². The third-order valence-corrected chi connectivity index (χ3v) is 4.82. The molecule has 0 aromatic heterocycles. The number of hydrogen-bond acceptors (Lipinski definition) is 2. The lowest BCUT2D eigenvalue weighted by molar-refractivity contribution is -0.149. The van der Waals surface area contributed by atoms with E-state index in [0.29, 0.717) is 6.42 Å². The highest BCUT2D eigenvalue weighted by molar-refractivity contribution is 5.69. The fourth-order valence-electron chi connectivity index (χ4n) is 3.23. The van der Waals surface area contributed by atoms with Crippen molar-refractivity contribution in [1.82, 2.24) is 0 Å². The van der Waals surface area contributed by atoms with Crippen LogP contribution in [0.4, 0.5) is 0 Å². The van der Waals surface area contributed by atoms with Gasteiger partial charge in [0, 0.05) is 6.42 Å². The lowest BCUT2D eigenvalue weighted by Crippen LogP contribution is -2.17. The first-order valence-electron chi connectivity index (χ1n) is 10.2. The lowest BCUT2D eigenvalue weighted by atomic mass is 10.0. The zero-order chi connectivity index (χ0) is 16.6. The molecule has 0 radical (unpaired) electrons. The Morgan fingerprint density at radius 1 is 0.826 bits per heavy atom. The average Bonchev–Trinajstić information content (AvgIpc) is 2.55. The predicted octanol–water partition coefficient (Wildman–Crippen LogP) is 6.73. The third kappa shape index (κ3) is 12.3. The van der Waals surface area contributed by atoms with E-state index in [9.17, 15) is 4.79 Å². The highest BCUT2D eigenvalue weighted by Crippen LogP contribution is 2.15. The maximum Gasteiger partial charge on any atom is 0.306 e. The van der Waals surface area contributed by atoms with E-state index in [-0.39, 0.29) is 12.1 Å². The Balaban J connectivity index is 2.29. The summed E-state index contributed by atoms with van der Waals surface area (Å²) < 4.78 is 5.63. The summed E-state index contributed by atoms with van der Waals surface area (Å²) in [5, 5.41) is 0. The molecule has 0 fully saturated rings. The van der Waals surface area contributed by atoms with Crippen molar-refractivity contribution in [3.8, 4) is 0 Å². The van der Waals surface area contributed by atoms with Crippen molar-refractivity contribution in [2.45, 2.75) is 116 Å². The minimum Gasteiger partial charge on any atom is -0.462 e. The van der Waals surface area contributed by atoms with Crippen molar-refractivity contribution < 1.29 is 9.53 Å². The van der Waals surface area contributed by atoms with Gasteiger partial charge in [0.15, 0.2) is 0 Å². The van der Waals surface area contributed by atoms with Gasteiger partial charge in [0.25, 0.3) is 0 Å². The molecule has 23 heavy (non-hydrogen) atoms. The van der Waals surface area contributed by atoms with Crippen LogP contribution in [-0.4, -0.2) is 12.1 Å². The van der Waals surface area contributed by atoms with E-state index >= 15 is 0 Å². The van der Waals surface area contributed by atoms with Gasteiger partial charge in [-0.2, -0.15) is 0 Å². The molecular formula is C21H38O2. The molecule has 1 rings (SSSR count). The summed E-state index contributed by atoms with van der Waals surface area (Å²) >= 11 is 0. The summed E-state index contributed by atoms with van der Waals surface area (Å²) in [5.41, 5.74) is 0. The van der Waals surface area contributed by atoms with Crippen LogP contribution in [0.2, 0.25) is 0 Å². The summed E-state index contributed by atoms with van der Waals surface area (Å²) in [7, 11) is 0. The van der Waals surface area contributed by atoms with E-state index in [1.165, 1.54) is 77.0 Å². The summed E-state index contributed by atoms with van der Waals surface area (Å²) in [6.07, 6.45) is 23.8. The molecule has 0 spiro atoms. The molecule has 0 saturated carbocycles. The Morgan fingerprint density at radius 3 is 1.96 bits per heavy atom. The number of carbonyl (C=O) groups excluding carboxylic acids is 1. The fourth-order valence-corrected chi connectivity index (χ4v) is 3.23. The first-order valence-corrected chi connectivity index (χ1v) is 10.2. The number of allylic oxidation sites excluding steroid dienone is 2. The van der Waals surface area contributed by atoms with Crippen LogP contribution < -0.4 is 0 Å². The van der Waals surface area contributed by atoms with Gasteiger partial charge in [-0.05, 0) is 51.4 Å². The molecule has 0 aliphatic carbocycles. The van der Waals surface area contributed by atoms with Crippen LogP contribution in [0, 0.1) is 0 Å². The molecule has 2 heteroatoms. The normalized spacial score (nSPS) is 26.1. The van der Waals surface area contributed by atoms with Crippen molar-refractivity contribution in [3.63, 3.8) is 0 Å². The molecule has 1 aliphatic heterocycles. The Labute approximate surface area is 144 Å². The zero-order valence-electron chi connectivity index (χ0n) is 15.4. The van der Waals surface area contributed by atoms with Gasteiger partial charge in [-0.1, -0.05) is 64.0 Å². The first-order chi connectivity index (χ1) is 11.3. The number of esters is 1. The minimum atomic E-state index is 0.0244. The Hall–Kier alpha value is -0.790. The number of rotatable bonds is 1. The van der Waals surface area contributed by atoms with Crippen LogP contribution in [0.5, 0.6) is 0 Å². The van der Waals surface area contributed by atoms with E-state index in [1.54, 1.807) is 0 Å². The number of cyclic esters (lactones) is 1. The highest BCUT2D eigenvalue weighted by Gasteiger charge is 2.12. The van der Waals surface area contributed by atoms with Crippen LogP contribution in [0.1, 0.15) is 110 Å². The smallest absolute Gasteiger partial charge is 0.306 e. The molecule has 1 atom stereocenters. The molecule has 1 heterocycles. The van der Waals surface area contributed by atoms with Gasteiger partial charge >= 0.3 is 5.97 Å². The standard InChI is InChI=1S/C21H38O2/c1-2-20-18-16-14-12-10-8-6-4-3-5-7-9-11-13-15-17-19-21(22)23-20/h4,6,20H,2-3,5,7-19H2,1H3/b6-4-. The van der Waals surface area contributed by atoms with Crippen molar-refractivity contribution in [2.75, 3.05) is 0 Å². The van der Waals surface area contributed by atoms with E-state index in [0.717, 1.165) is 19.3 Å². The lowest BCUT2D eigenvalue weighted by Gasteiger charge is -2.16. The number of hydrogen-bond donors (Lipinski definition) is 0. The van der Waals surface area contributed by atoms with Gasteiger partial charge in [0.05, 0.1) is 0 Å². The second-order valence-electron chi connectivity index (χ2n) is 7.00. The predicted molar refractivity (Wildman–Crippen MR) is 98.6 cm³/mol. The summed E-state index contributed by atoms with van der Waals surface area (Å²) in [6, 6.07) is 0. The van der Waals surface area contributed by atoms with Crippen molar-refractivity contribution in [2.24, 2.45) is 0 Å². The Kier molecular flexibility index (Phi) is 13.0. The number of ether oxygens (including phenoxy) is 1. The molecule has 1 aliphatic rings. The van der Waals surface area contributed by atoms with Crippen LogP contribution >= 0.6 is 0 Å². The van der Waals surface area contributed by atoms with Crippen LogP contribution in [-0.2, 0) is 9.53 Å². The van der Waals surface area contributed by atoms with Gasteiger partial charge in [0.2, 0.25) is 0 Å². The molecule has 0 N–H and O–H groups in total. The molecule has 0 aromatic carbocycles. The molecule has 1 unspecified atom stereocenters. The Bertz CT molecular complexity index is 309. The van der Waals surface area contributed by atoms with E-state index in [4.69, 9.17) is 4.74 Å². The number of carbonyl (C=O) groups is 1. The van der Waals surface area contributed by atoms with E-state index < -0.39 is 0 Å². The minimum absolute atomic E-state index is 0.0244. The quantitative estimate of drug-likeness (QED) is 0.395. The monoisotopic (exact) mass is 322 g/mol. The molecule has 0 saturated heterocycles. The summed E-state index contributed by atoms with van der Waals surface area (Å²) in [5.74, 6) is 0.0244. The summed E-state index contributed by atoms with van der Waals surface area (Å²) in [4.78, 5) is 11.9. The molecule has 2 nitrogen and oxygen atoms in total. The van der Waals surface area contributed by atoms with Gasteiger partial charge in [0.1, 0.15) is 6.10 Å². The topological polar surface area (TPSA) is 26.3 Å². The third-order valence-electron chi connectivity index (χ3n) is 4.82. The van der Waals surface area contributed by atoms with Gasteiger partial charge < -0.3 is 4.74 Å². The average molecular weight is 323 g/mol. The first kappa shape index (κ1) is 20.3. The van der Waals surface area contributed by atoms with Crippen molar-refractivity contribution >= 4 is 5.97 Å². The zero-order valence-corrected chi connectivity index (χ0v) is 15.4. The van der Waals surface area contributed by atoms with Crippen molar-refractivity contribution in [3.05, 3.63) is 12.2 Å². The second-order valence-corrected chi connectivity index (χ2v) is 7.00. The van der Waals surface area contributed by atoms with Crippen LogP contribution in [0.3, 0.4) is 0 Å². The molecule has 0 bridgehead atoms. The van der Waals surface area contributed by atoms with E-state index in [2.05, 4.69) is 19.1 Å². The van der Waals surface area contributed by atoms with Crippen LogP contribution in [0.15, 0.2) is 12.2 Å². The van der Waals surface area contributed by atoms with Gasteiger partial charge in [-0.15, -0.1) is 0 Å². The maximum absolute atomic E-state index is 11.9. The van der Waals surface area contributed by atoms with Crippen molar-refractivity contribution in [1.29, 1.82) is 0 Å². The molecule has 0 amide bonds. The summed E-state index contributed by atoms with van der Waals surface area (Å²) in [6.45, 7) is 2.13. The van der Waals surface area contributed by atoms with E-state index in [1.807, 2.05) is 0 Å². The highest BCUT2D eigenvalue weighted by atomic mass is 16.5. The largest absolute Gasteiger partial charge is 0.462 e. The maximum atomic E-state index is 11.9. The Morgan fingerprint density at radius 2 is 1.35 bits per heavy atom. The van der Waals surface area contributed by atoms with Crippen LogP contribution in [0.25, 0.3) is 0 Å².